The number of ether oxygens (including phenoxy) is 1. The Kier molecular flexibility index (Phi) is 8.21. The zero-order chi connectivity index (χ0) is 10.1. The van der Waals surface area contributed by atoms with Crippen LogP contribution in [0.4, 0.5) is 0 Å². The van der Waals surface area contributed by atoms with E-state index >= 15 is 0 Å². The van der Waals surface area contributed by atoms with Crippen LogP contribution in [0.3, 0.4) is 0 Å². The number of rotatable bonds is 8. The zero-order valence-corrected chi connectivity index (χ0v) is 8.03. The molecule has 13 heavy (non-hydrogen) atoms. The molecule has 2 atom stereocenters. The van der Waals surface area contributed by atoms with Crippen LogP contribution in [0.5, 0.6) is 0 Å². The SMILES string of the molecule is COCC(O)COONC(C)CN. The fourth-order valence-electron chi connectivity index (χ4n) is 0.517. The third-order valence-electron chi connectivity index (χ3n) is 1.28. The number of nitrogens with two attached hydrogens (primary N) is 1. The molecule has 4 N–H and O–H groups in total. The summed E-state index contributed by atoms with van der Waals surface area (Å²) in [6.45, 7) is 2.56. The lowest BCUT2D eigenvalue weighted by Crippen LogP contribution is -2.34. The van der Waals surface area contributed by atoms with E-state index in [2.05, 4.69) is 20.1 Å². The van der Waals surface area contributed by atoms with Crippen LogP contribution in [-0.4, -0.2) is 44.1 Å². The second-order valence-electron chi connectivity index (χ2n) is 2.73. The monoisotopic (exact) mass is 194 g/mol. The molecule has 0 radical (unpaired) electrons. The third-order valence-corrected chi connectivity index (χ3v) is 1.28. The van der Waals surface area contributed by atoms with E-state index in [-0.39, 0.29) is 19.3 Å². The first-order valence-corrected chi connectivity index (χ1v) is 4.11. The van der Waals surface area contributed by atoms with Crippen LogP contribution in [0.1, 0.15) is 6.92 Å². The Labute approximate surface area is 77.8 Å². The van der Waals surface area contributed by atoms with Crippen molar-refractivity contribution in [2.24, 2.45) is 5.73 Å². The van der Waals surface area contributed by atoms with E-state index in [4.69, 9.17) is 10.8 Å². The van der Waals surface area contributed by atoms with E-state index in [0.717, 1.165) is 0 Å². The number of aliphatic hydroxyl groups is 1. The summed E-state index contributed by atoms with van der Waals surface area (Å²) in [6.07, 6.45) is -0.681. The molecule has 0 aliphatic carbocycles. The van der Waals surface area contributed by atoms with Gasteiger partial charge in [0.25, 0.3) is 0 Å². The van der Waals surface area contributed by atoms with Crippen molar-refractivity contribution in [2.75, 3.05) is 26.9 Å². The highest BCUT2D eigenvalue weighted by Crippen LogP contribution is 1.86. The molecular formula is C7H18N2O4. The third kappa shape index (κ3) is 8.10. The summed E-state index contributed by atoms with van der Waals surface area (Å²) >= 11 is 0. The summed E-state index contributed by atoms with van der Waals surface area (Å²) in [5.74, 6) is 0. The lowest BCUT2D eigenvalue weighted by molar-refractivity contribution is -0.350. The van der Waals surface area contributed by atoms with Gasteiger partial charge in [0.1, 0.15) is 12.7 Å². The van der Waals surface area contributed by atoms with E-state index < -0.39 is 6.10 Å². The molecule has 0 aliphatic heterocycles. The lowest BCUT2D eigenvalue weighted by atomic mass is 10.4. The largest absolute Gasteiger partial charge is 0.388 e. The molecule has 80 valence electrons. The highest BCUT2D eigenvalue weighted by molar-refractivity contribution is 4.51. The molecule has 0 bridgehead atoms. The summed E-state index contributed by atoms with van der Waals surface area (Å²) in [4.78, 5) is 9.18. The Bertz CT molecular complexity index is 115. The Morgan fingerprint density at radius 1 is 1.46 bits per heavy atom. The summed E-state index contributed by atoms with van der Waals surface area (Å²) in [5, 5.41) is 9.09. The number of hydroxylamine groups is 1. The van der Waals surface area contributed by atoms with E-state index in [1.807, 2.05) is 6.92 Å². The van der Waals surface area contributed by atoms with Gasteiger partial charge in [0.05, 0.1) is 6.61 Å². The molecule has 0 fully saturated rings. The van der Waals surface area contributed by atoms with Crippen LogP contribution in [-0.2, 0) is 14.6 Å². The topological polar surface area (TPSA) is 86.0 Å². The maximum Gasteiger partial charge on any atom is 0.112 e. The molecule has 0 aromatic heterocycles. The Morgan fingerprint density at radius 3 is 2.69 bits per heavy atom. The average Bonchev–Trinajstić information content (AvgIpc) is 2.12. The van der Waals surface area contributed by atoms with Crippen LogP contribution in [0.15, 0.2) is 0 Å². The second-order valence-corrected chi connectivity index (χ2v) is 2.73. The minimum absolute atomic E-state index is 0.0135. The van der Waals surface area contributed by atoms with Crippen molar-refractivity contribution in [1.29, 1.82) is 0 Å². The fraction of sp³-hybridized carbons (Fsp3) is 1.00. The number of aliphatic hydroxyl groups excluding tert-OH is 1. The molecule has 6 heteroatoms. The van der Waals surface area contributed by atoms with Gasteiger partial charge in [-0.05, 0) is 6.92 Å². The van der Waals surface area contributed by atoms with Gasteiger partial charge in [-0.25, -0.2) is 4.89 Å². The molecule has 0 saturated heterocycles. The van der Waals surface area contributed by atoms with E-state index in [1.54, 1.807) is 0 Å². The molecule has 0 aromatic rings. The summed E-state index contributed by atoms with van der Waals surface area (Å²) in [6, 6.07) is 0.0135. The Morgan fingerprint density at radius 2 is 2.15 bits per heavy atom. The van der Waals surface area contributed by atoms with Crippen molar-refractivity contribution in [3.8, 4) is 0 Å². The number of hydrogen-bond donors (Lipinski definition) is 3. The first kappa shape index (κ1) is 12.8. The first-order valence-electron chi connectivity index (χ1n) is 4.11. The van der Waals surface area contributed by atoms with Crippen molar-refractivity contribution in [3.05, 3.63) is 0 Å². The first-order chi connectivity index (χ1) is 6.20. The predicted octanol–water partition coefficient (Wildman–Crippen LogP) is -1.21. The van der Waals surface area contributed by atoms with Gasteiger partial charge in [0.2, 0.25) is 0 Å². The van der Waals surface area contributed by atoms with Crippen LogP contribution in [0, 0.1) is 0 Å². The van der Waals surface area contributed by atoms with E-state index in [1.165, 1.54) is 7.11 Å². The lowest BCUT2D eigenvalue weighted by Gasteiger charge is -2.12. The average molecular weight is 194 g/mol. The van der Waals surface area contributed by atoms with Crippen LogP contribution in [0.2, 0.25) is 0 Å². The second kappa shape index (κ2) is 8.36. The van der Waals surface area contributed by atoms with Crippen LogP contribution >= 0.6 is 0 Å². The zero-order valence-electron chi connectivity index (χ0n) is 8.03. The smallest absolute Gasteiger partial charge is 0.112 e. The van der Waals surface area contributed by atoms with Crippen molar-refractivity contribution >= 4 is 0 Å². The minimum Gasteiger partial charge on any atom is -0.388 e. The predicted molar refractivity (Wildman–Crippen MR) is 46.6 cm³/mol. The van der Waals surface area contributed by atoms with Crippen LogP contribution in [0.25, 0.3) is 0 Å². The minimum atomic E-state index is -0.681. The maximum absolute atomic E-state index is 9.09. The molecule has 0 heterocycles. The molecule has 2 unspecified atom stereocenters. The van der Waals surface area contributed by atoms with Gasteiger partial charge >= 0.3 is 0 Å². The van der Waals surface area contributed by atoms with Gasteiger partial charge in [0, 0.05) is 19.7 Å². The number of hydrogen-bond acceptors (Lipinski definition) is 6. The quantitative estimate of drug-likeness (QED) is 0.255. The van der Waals surface area contributed by atoms with E-state index in [0.29, 0.717) is 6.54 Å². The molecule has 6 nitrogen and oxygen atoms in total. The highest BCUT2D eigenvalue weighted by atomic mass is 17.3. The van der Waals surface area contributed by atoms with Gasteiger partial charge in [-0.3, -0.25) is 0 Å². The fourth-order valence-corrected chi connectivity index (χ4v) is 0.517. The normalized spacial score (nSPS) is 15.7. The Balaban J connectivity index is 3.15. The van der Waals surface area contributed by atoms with Crippen LogP contribution < -0.4 is 11.2 Å². The summed E-state index contributed by atoms with van der Waals surface area (Å²) in [5.41, 5.74) is 7.82. The summed E-state index contributed by atoms with van der Waals surface area (Å²) in [7, 11) is 1.50. The molecule has 0 amide bonds. The van der Waals surface area contributed by atoms with Crippen molar-refractivity contribution in [3.63, 3.8) is 0 Å². The number of methoxy groups -OCH3 is 1. The van der Waals surface area contributed by atoms with Gasteiger partial charge < -0.3 is 15.6 Å². The molecule has 0 rings (SSSR count). The highest BCUT2D eigenvalue weighted by Gasteiger charge is 2.04. The molecule has 0 saturated carbocycles. The van der Waals surface area contributed by atoms with Gasteiger partial charge in [0.15, 0.2) is 0 Å². The summed E-state index contributed by atoms with van der Waals surface area (Å²) < 4.78 is 4.68. The maximum atomic E-state index is 9.09. The molecule has 0 spiro atoms. The van der Waals surface area contributed by atoms with Crippen molar-refractivity contribution in [2.45, 2.75) is 19.1 Å². The Hall–Kier alpha value is -0.240. The number of nitrogens with one attached hydrogen (secondary N) is 1. The van der Waals surface area contributed by atoms with E-state index in [9.17, 15) is 0 Å². The van der Waals surface area contributed by atoms with Gasteiger partial charge in [-0.15, -0.1) is 4.99 Å². The van der Waals surface area contributed by atoms with Crippen molar-refractivity contribution in [1.82, 2.24) is 5.48 Å². The van der Waals surface area contributed by atoms with Gasteiger partial charge in [-0.2, -0.15) is 5.48 Å². The van der Waals surface area contributed by atoms with Gasteiger partial charge in [-0.1, -0.05) is 0 Å². The van der Waals surface area contributed by atoms with Crippen molar-refractivity contribution < 1.29 is 19.7 Å². The molecular weight excluding hydrogens is 176 g/mol. The standard InChI is InChI=1S/C7H18N2O4/c1-6(3-8)9-13-12-5-7(10)4-11-2/h6-7,9-10H,3-5,8H2,1-2H3. The molecule has 0 aromatic carbocycles. The molecule has 0 aliphatic rings.